The highest BCUT2D eigenvalue weighted by atomic mass is 19.4. The number of hydrogen-bond donors (Lipinski definition) is 1. The highest BCUT2D eigenvalue weighted by Crippen LogP contribution is 2.41. The van der Waals surface area contributed by atoms with Gasteiger partial charge in [-0.2, -0.15) is 13.2 Å². The molecule has 192 valence electrons. The van der Waals surface area contributed by atoms with E-state index in [0.29, 0.717) is 49.0 Å². The maximum absolute atomic E-state index is 13.0. The van der Waals surface area contributed by atoms with E-state index in [-0.39, 0.29) is 12.3 Å². The van der Waals surface area contributed by atoms with E-state index < -0.39 is 23.4 Å². The molecule has 2 aromatic rings. The smallest absolute Gasteiger partial charge is 0.384 e. The molecule has 3 aliphatic rings. The van der Waals surface area contributed by atoms with Crippen molar-refractivity contribution in [2.24, 2.45) is 17.0 Å². The van der Waals surface area contributed by atoms with Crippen LogP contribution in [-0.4, -0.2) is 45.8 Å². The molecular formula is C27H30F3N3O3. The zero-order valence-corrected chi connectivity index (χ0v) is 20.0. The van der Waals surface area contributed by atoms with Crippen molar-refractivity contribution in [3.63, 3.8) is 0 Å². The van der Waals surface area contributed by atoms with Crippen molar-refractivity contribution in [3.8, 4) is 0 Å². The Kier molecular flexibility index (Phi) is 6.76. The lowest BCUT2D eigenvalue weighted by Gasteiger charge is -2.36. The fourth-order valence-electron chi connectivity index (χ4n) is 5.74. The predicted octanol–water partition coefficient (Wildman–Crippen LogP) is 4.91. The molecule has 2 fully saturated rings. The second-order valence-electron chi connectivity index (χ2n) is 10.3. The van der Waals surface area contributed by atoms with Crippen LogP contribution in [0, 0.1) is 11.8 Å². The van der Waals surface area contributed by atoms with Crippen molar-refractivity contribution >= 4 is 11.6 Å². The number of hydrogen-bond acceptors (Lipinski definition) is 5. The molecule has 5 rings (SSSR count). The zero-order chi connectivity index (χ0) is 25.3. The molecule has 3 heterocycles. The molecule has 0 radical (unpaired) electrons. The van der Waals surface area contributed by atoms with Crippen molar-refractivity contribution in [2.45, 2.75) is 62.8 Å². The van der Waals surface area contributed by atoms with E-state index >= 15 is 0 Å². The van der Waals surface area contributed by atoms with Crippen LogP contribution in [0.1, 0.15) is 61.8 Å². The Morgan fingerprint density at radius 2 is 1.92 bits per heavy atom. The number of pyridine rings is 1. The highest BCUT2D eigenvalue weighted by molar-refractivity contribution is 6.04. The molecule has 1 aliphatic carbocycles. The van der Waals surface area contributed by atoms with Crippen molar-refractivity contribution in [3.05, 3.63) is 65.5 Å². The Hall–Kier alpha value is -2.94. The average molecular weight is 502 g/mol. The molecule has 1 aromatic heterocycles. The van der Waals surface area contributed by atoms with Crippen molar-refractivity contribution in [1.82, 2.24) is 9.88 Å². The molecule has 1 aromatic carbocycles. The molecule has 36 heavy (non-hydrogen) atoms. The van der Waals surface area contributed by atoms with E-state index in [4.69, 9.17) is 4.84 Å². The Morgan fingerprint density at radius 3 is 2.64 bits per heavy atom. The number of carbonyl (C=O) groups excluding carboxylic acids is 1. The van der Waals surface area contributed by atoms with Gasteiger partial charge in [0.2, 0.25) is 6.10 Å². The van der Waals surface area contributed by atoms with Gasteiger partial charge in [0.15, 0.2) is 0 Å². The van der Waals surface area contributed by atoms with E-state index in [1.165, 1.54) is 6.07 Å². The molecule has 2 unspecified atom stereocenters. The standard InChI is InChI=1S/C27H30F3N3O3/c28-27(29,30)21-5-3-4-20(15-21)22-16-23(36-32-22)25(34)33-13-9-19(17-33)14-18-7-10-26(35,11-8-18)24-6-1-2-12-31-24/h1-6,12,15,18-19,23,35H,7-11,13-14,16-17H2. The van der Waals surface area contributed by atoms with E-state index in [2.05, 4.69) is 10.1 Å². The van der Waals surface area contributed by atoms with Gasteiger partial charge in [0.05, 0.1) is 17.0 Å². The molecule has 0 bridgehead atoms. The average Bonchev–Trinajstić information content (AvgIpc) is 3.56. The van der Waals surface area contributed by atoms with Crippen LogP contribution in [0.5, 0.6) is 0 Å². The molecule has 6 nitrogen and oxygen atoms in total. The van der Waals surface area contributed by atoms with E-state index in [1.807, 2.05) is 18.2 Å². The van der Waals surface area contributed by atoms with Crippen LogP contribution < -0.4 is 0 Å². The first-order chi connectivity index (χ1) is 17.2. The third-order valence-electron chi connectivity index (χ3n) is 7.81. The van der Waals surface area contributed by atoms with E-state index in [0.717, 1.165) is 43.5 Å². The molecular weight excluding hydrogens is 471 g/mol. The van der Waals surface area contributed by atoms with Crippen molar-refractivity contribution in [2.75, 3.05) is 13.1 Å². The van der Waals surface area contributed by atoms with Crippen molar-refractivity contribution in [1.29, 1.82) is 0 Å². The first kappa shape index (κ1) is 24.7. The molecule has 2 aliphatic heterocycles. The van der Waals surface area contributed by atoms with Gasteiger partial charge >= 0.3 is 6.18 Å². The van der Waals surface area contributed by atoms with Crippen molar-refractivity contribution < 1.29 is 27.9 Å². The fraction of sp³-hybridized carbons (Fsp3) is 0.519. The normalized spacial score (nSPS) is 28.6. The van der Waals surface area contributed by atoms with Crippen LogP contribution >= 0.6 is 0 Å². The number of carbonyl (C=O) groups is 1. The summed E-state index contributed by atoms with van der Waals surface area (Å²) in [5, 5.41) is 14.9. The van der Waals surface area contributed by atoms with Gasteiger partial charge in [-0.3, -0.25) is 9.78 Å². The van der Waals surface area contributed by atoms with Gasteiger partial charge in [0.25, 0.3) is 5.91 Å². The third kappa shape index (κ3) is 5.26. The summed E-state index contributed by atoms with van der Waals surface area (Å²) in [6.45, 7) is 1.30. The topological polar surface area (TPSA) is 75.0 Å². The minimum absolute atomic E-state index is 0.156. The zero-order valence-electron chi connectivity index (χ0n) is 20.0. The SMILES string of the molecule is O=C(C1CC(c2cccc(C(F)(F)F)c2)=NO1)N1CCC(CC2CCC(O)(c3ccccn3)CC2)C1. The largest absolute Gasteiger partial charge is 0.416 e. The quantitative estimate of drug-likeness (QED) is 0.632. The molecule has 1 saturated heterocycles. The fourth-order valence-corrected chi connectivity index (χ4v) is 5.74. The van der Waals surface area contributed by atoms with Crippen LogP contribution in [0.15, 0.2) is 53.8 Å². The second-order valence-corrected chi connectivity index (χ2v) is 10.3. The second kappa shape index (κ2) is 9.84. The maximum Gasteiger partial charge on any atom is 0.416 e. The Morgan fingerprint density at radius 1 is 1.11 bits per heavy atom. The number of oxime groups is 1. The summed E-state index contributed by atoms with van der Waals surface area (Å²) in [6.07, 6.45) is 1.81. The molecule has 1 N–H and O–H groups in total. The van der Waals surface area contributed by atoms with Crippen LogP contribution in [0.2, 0.25) is 0 Å². The Balaban J connectivity index is 1.10. The molecule has 2 atom stereocenters. The summed E-state index contributed by atoms with van der Waals surface area (Å²) in [5.74, 6) is 0.745. The lowest BCUT2D eigenvalue weighted by Crippen LogP contribution is -2.38. The molecule has 1 amide bonds. The number of aromatic nitrogens is 1. The van der Waals surface area contributed by atoms with Crippen LogP contribution in [0.25, 0.3) is 0 Å². The number of benzene rings is 1. The third-order valence-corrected chi connectivity index (χ3v) is 7.81. The highest BCUT2D eigenvalue weighted by Gasteiger charge is 2.39. The number of amides is 1. The first-order valence-electron chi connectivity index (χ1n) is 12.5. The van der Waals surface area contributed by atoms with Crippen LogP contribution in [0.4, 0.5) is 13.2 Å². The summed E-state index contributed by atoms with van der Waals surface area (Å²) in [4.78, 5) is 24.5. The monoisotopic (exact) mass is 501 g/mol. The Bertz CT molecular complexity index is 1110. The Labute approximate surface area is 208 Å². The van der Waals surface area contributed by atoms with E-state index in [1.54, 1.807) is 17.2 Å². The van der Waals surface area contributed by atoms with Gasteiger partial charge in [0.1, 0.15) is 5.60 Å². The van der Waals surface area contributed by atoms with Gasteiger partial charge in [-0.25, -0.2) is 0 Å². The summed E-state index contributed by atoms with van der Waals surface area (Å²) in [7, 11) is 0. The number of alkyl halides is 3. The van der Waals surface area contributed by atoms with Gasteiger partial charge in [-0.1, -0.05) is 23.4 Å². The minimum atomic E-state index is -4.44. The number of nitrogens with zero attached hydrogens (tertiary/aromatic N) is 3. The summed E-state index contributed by atoms with van der Waals surface area (Å²) >= 11 is 0. The minimum Gasteiger partial charge on any atom is -0.384 e. The number of halogens is 3. The van der Waals surface area contributed by atoms with E-state index in [9.17, 15) is 23.1 Å². The lowest BCUT2D eigenvalue weighted by molar-refractivity contribution is -0.141. The van der Waals surface area contributed by atoms with Gasteiger partial charge in [-0.15, -0.1) is 0 Å². The van der Waals surface area contributed by atoms with Gasteiger partial charge in [-0.05, 0) is 74.6 Å². The summed E-state index contributed by atoms with van der Waals surface area (Å²) in [5.41, 5.74) is -0.183. The van der Waals surface area contributed by atoms with Gasteiger partial charge in [0, 0.05) is 31.3 Å². The van der Waals surface area contributed by atoms with Crippen LogP contribution in [-0.2, 0) is 21.4 Å². The number of rotatable bonds is 5. The summed E-state index contributed by atoms with van der Waals surface area (Å²) in [6, 6.07) is 10.6. The number of aliphatic hydroxyl groups is 1. The lowest BCUT2D eigenvalue weighted by atomic mass is 9.74. The molecule has 9 heteroatoms. The molecule has 1 saturated carbocycles. The molecule has 0 spiro atoms. The predicted molar refractivity (Wildman–Crippen MR) is 127 cm³/mol. The van der Waals surface area contributed by atoms with Crippen LogP contribution in [0.3, 0.4) is 0 Å². The summed E-state index contributed by atoms with van der Waals surface area (Å²) < 4.78 is 39.1. The maximum atomic E-state index is 13.0. The van der Waals surface area contributed by atoms with Gasteiger partial charge < -0.3 is 14.8 Å². The number of likely N-dealkylation sites (tertiary alicyclic amines) is 1. The first-order valence-corrected chi connectivity index (χ1v) is 12.5.